The minimum absolute atomic E-state index is 0.338. The van der Waals surface area contributed by atoms with Gasteiger partial charge in [-0.2, -0.15) is 0 Å². The Bertz CT molecular complexity index is 284. The molecule has 1 aromatic heterocycles. The normalized spacial score (nSPS) is 10.2. The van der Waals surface area contributed by atoms with Gasteiger partial charge in [-0.25, -0.2) is 4.98 Å². The quantitative estimate of drug-likeness (QED) is 0.716. The van der Waals surface area contributed by atoms with Crippen molar-refractivity contribution in [1.29, 1.82) is 0 Å². The molecule has 1 aromatic rings. The van der Waals surface area contributed by atoms with Crippen molar-refractivity contribution in [3.63, 3.8) is 0 Å². The third-order valence-corrected chi connectivity index (χ3v) is 1.84. The van der Waals surface area contributed by atoms with Crippen LogP contribution in [0.3, 0.4) is 0 Å². The Kier molecular flexibility index (Phi) is 3.12. The Morgan fingerprint density at radius 3 is 2.31 bits per heavy atom. The van der Waals surface area contributed by atoms with Gasteiger partial charge in [0.2, 0.25) is 5.88 Å². The molecule has 72 valence electrons. The first-order chi connectivity index (χ1) is 6.19. The van der Waals surface area contributed by atoms with E-state index in [1.807, 2.05) is 6.07 Å². The van der Waals surface area contributed by atoms with E-state index in [2.05, 4.69) is 18.8 Å². The number of ether oxygens (including phenoxy) is 2. The summed E-state index contributed by atoms with van der Waals surface area (Å²) >= 11 is 0. The fourth-order valence-corrected chi connectivity index (χ4v) is 1.14. The second-order valence-electron chi connectivity index (χ2n) is 3.10. The fourth-order valence-electron chi connectivity index (χ4n) is 1.14. The first-order valence-corrected chi connectivity index (χ1v) is 4.28. The smallest absolute Gasteiger partial charge is 0.213 e. The number of methoxy groups -OCH3 is 2. The lowest BCUT2D eigenvalue weighted by Gasteiger charge is -2.11. The van der Waals surface area contributed by atoms with Crippen LogP contribution >= 0.6 is 0 Å². The second-order valence-corrected chi connectivity index (χ2v) is 3.10. The molecule has 0 fully saturated rings. The van der Waals surface area contributed by atoms with Gasteiger partial charge >= 0.3 is 0 Å². The third-order valence-electron chi connectivity index (χ3n) is 1.84. The average Bonchev–Trinajstić information content (AvgIpc) is 2.16. The minimum Gasteiger partial charge on any atom is -0.495 e. The summed E-state index contributed by atoms with van der Waals surface area (Å²) in [6.07, 6.45) is 0. The molecule has 1 rings (SSSR count). The van der Waals surface area contributed by atoms with E-state index in [9.17, 15) is 0 Å². The lowest BCUT2D eigenvalue weighted by molar-refractivity contribution is 0.380. The Balaban J connectivity index is 3.10. The Morgan fingerprint density at radius 2 is 1.85 bits per heavy atom. The van der Waals surface area contributed by atoms with Gasteiger partial charge in [0.25, 0.3) is 0 Å². The standard InChI is InChI=1S/C10H15NO2/c1-7(2)10-8(12-3)5-6-9(11-10)13-4/h5-7H,1-4H3. The molecule has 0 aromatic carbocycles. The van der Waals surface area contributed by atoms with Crippen LogP contribution in [0.2, 0.25) is 0 Å². The van der Waals surface area contributed by atoms with Gasteiger partial charge in [0.05, 0.1) is 19.9 Å². The van der Waals surface area contributed by atoms with Crippen LogP contribution in [0.4, 0.5) is 0 Å². The zero-order valence-corrected chi connectivity index (χ0v) is 8.50. The van der Waals surface area contributed by atoms with E-state index in [-0.39, 0.29) is 0 Å². The number of nitrogens with zero attached hydrogens (tertiary/aromatic N) is 1. The van der Waals surface area contributed by atoms with E-state index in [1.54, 1.807) is 20.3 Å². The molecular weight excluding hydrogens is 166 g/mol. The Labute approximate surface area is 78.7 Å². The van der Waals surface area contributed by atoms with Crippen molar-refractivity contribution < 1.29 is 9.47 Å². The molecule has 0 N–H and O–H groups in total. The molecule has 0 radical (unpaired) electrons. The molecule has 0 aliphatic rings. The number of rotatable bonds is 3. The topological polar surface area (TPSA) is 31.4 Å². The van der Waals surface area contributed by atoms with Gasteiger partial charge in [-0.05, 0) is 12.0 Å². The van der Waals surface area contributed by atoms with Gasteiger partial charge in [0.15, 0.2) is 0 Å². The largest absolute Gasteiger partial charge is 0.495 e. The molecule has 0 aliphatic carbocycles. The van der Waals surface area contributed by atoms with Gasteiger partial charge < -0.3 is 9.47 Å². The van der Waals surface area contributed by atoms with Crippen LogP contribution in [0.15, 0.2) is 12.1 Å². The highest BCUT2D eigenvalue weighted by molar-refractivity contribution is 5.33. The van der Waals surface area contributed by atoms with Gasteiger partial charge in [-0.15, -0.1) is 0 Å². The predicted octanol–water partition coefficient (Wildman–Crippen LogP) is 2.22. The fraction of sp³-hybridized carbons (Fsp3) is 0.500. The van der Waals surface area contributed by atoms with Crippen LogP contribution in [-0.2, 0) is 0 Å². The van der Waals surface area contributed by atoms with Crippen molar-refractivity contribution in [2.24, 2.45) is 0 Å². The average molecular weight is 181 g/mol. The Morgan fingerprint density at radius 1 is 1.15 bits per heavy atom. The van der Waals surface area contributed by atoms with E-state index < -0.39 is 0 Å². The maximum Gasteiger partial charge on any atom is 0.213 e. The van der Waals surface area contributed by atoms with Crippen molar-refractivity contribution in [3.8, 4) is 11.6 Å². The molecule has 1 heterocycles. The van der Waals surface area contributed by atoms with Crippen LogP contribution in [-0.4, -0.2) is 19.2 Å². The van der Waals surface area contributed by atoms with Crippen LogP contribution in [0, 0.1) is 0 Å². The van der Waals surface area contributed by atoms with Crippen molar-refractivity contribution in [3.05, 3.63) is 17.8 Å². The lowest BCUT2D eigenvalue weighted by atomic mass is 10.1. The summed E-state index contributed by atoms with van der Waals surface area (Å²) in [6, 6.07) is 3.67. The van der Waals surface area contributed by atoms with Gasteiger partial charge in [-0.1, -0.05) is 13.8 Å². The highest BCUT2D eigenvalue weighted by atomic mass is 16.5. The number of pyridine rings is 1. The van der Waals surface area contributed by atoms with Crippen LogP contribution in [0.1, 0.15) is 25.5 Å². The predicted molar refractivity (Wildman–Crippen MR) is 51.4 cm³/mol. The number of hydrogen-bond acceptors (Lipinski definition) is 3. The monoisotopic (exact) mass is 181 g/mol. The summed E-state index contributed by atoms with van der Waals surface area (Å²) in [5.74, 6) is 1.78. The number of hydrogen-bond donors (Lipinski definition) is 0. The molecule has 0 atom stereocenters. The molecule has 0 spiro atoms. The molecular formula is C10H15NO2. The molecule has 3 heteroatoms. The maximum absolute atomic E-state index is 5.19. The minimum atomic E-state index is 0.338. The van der Waals surface area contributed by atoms with Gasteiger partial charge in [-0.3, -0.25) is 0 Å². The Hall–Kier alpha value is -1.25. The summed E-state index contributed by atoms with van der Waals surface area (Å²) in [6.45, 7) is 4.15. The van der Waals surface area contributed by atoms with Gasteiger partial charge in [0, 0.05) is 6.07 Å². The summed E-state index contributed by atoms with van der Waals surface area (Å²) in [7, 11) is 3.26. The highest BCUT2D eigenvalue weighted by Gasteiger charge is 2.09. The van der Waals surface area contributed by atoms with Gasteiger partial charge in [0.1, 0.15) is 5.75 Å². The molecule has 0 saturated heterocycles. The molecule has 0 unspecified atom stereocenters. The van der Waals surface area contributed by atoms with E-state index in [1.165, 1.54) is 0 Å². The first kappa shape index (κ1) is 9.84. The van der Waals surface area contributed by atoms with Crippen molar-refractivity contribution >= 4 is 0 Å². The maximum atomic E-state index is 5.19. The van der Waals surface area contributed by atoms with Crippen LogP contribution in [0.25, 0.3) is 0 Å². The molecule has 0 amide bonds. The van der Waals surface area contributed by atoms with Crippen molar-refractivity contribution in [1.82, 2.24) is 4.98 Å². The number of aromatic nitrogens is 1. The van der Waals surface area contributed by atoms with Crippen molar-refractivity contribution in [2.75, 3.05) is 14.2 Å². The zero-order chi connectivity index (χ0) is 9.84. The highest BCUT2D eigenvalue weighted by Crippen LogP contribution is 2.26. The summed E-state index contributed by atoms with van der Waals surface area (Å²) in [4.78, 5) is 4.31. The van der Waals surface area contributed by atoms with E-state index in [4.69, 9.17) is 9.47 Å². The lowest BCUT2D eigenvalue weighted by Crippen LogP contribution is -1.99. The zero-order valence-electron chi connectivity index (χ0n) is 8.50. The molecule has 0 saturated carbocycles. The first-order valence-electron chi connectivity index (χ1n) is 4.28. The van der Waals surface area contributed by atoms with Crippen LogP contribution in [0.5, 0.6) is 11.6 Å². The summed E-state index contributed by atoms with van der Waals surface area (Å²) in [5.41, 5.74) is 0.932. The van der Waals surface area contributed by atoms with E-state index in [0.29, 0.717) is 11.8 Å². The molecule has 0 aliphatic heterocycles. The van der Waals surface area contributed by atoms with Crippen molar-refractivity contribution in [2.45, 2.75) is 19.8 Å². The second kappa shape index (κ2) is 4.12. The molecule has 13 heavy (non-hydrogen) atoms. The summed E-state index contributed by atoms with van der Waals surface area (Å²) < 4.78 is 10.2. The third kappa shape index (κ3) is 2.11. The van der Waals surface area contributed by atoms with E-state index in [0.717, 1.165) is 11.4 Å². The SMILES string of the molecule is COc1ccc(OC)c(C(C)C)n1. The summed E-state index contributed by atoms with van der Waals surface area (Å²) in [5, 5.41) is 0. The van der Waals surface area contributed by atoms with Crippen LogP contribution < -0.4 is 9.47 Å². The molecule has 0 bridgehead atoms. The molecule has 3 nitrogen and oxygen atoms in total. The van der Waals surface area contributed by atoms with E-state index >= 15 is 0 Å².